The van der Waals surface area contributed by atoms with Crippen molar-refractivity contribution in [2.24, 2.45) is 5.92 Å². The zero-order chi connectivity index (χ0) is 27.6. The first-order valence-corrected chi connectivity index (χ1v) is 13.9. The Morgan fingerprint density at radius 2 is 1.77 bits per heavy atom. The Morgan fingerprint density at radius 1 is 1.05 bits per heavy atom. The maximum Gasteiger partial charge on any atom is 0.356 e. The lowest BCUT2D eigenvalue weighted by Gasteiger charge is -2.51. The third kappa shape index (κ3) is 5.24. The van der Waals surface area contributed by atoms with Crippen LogP contribution in [0.25, 0.3) is 0 Å². The van der Waals surface area contributed by atoms with Crippen LogP contribution in [0.4, 0.5) is 10.6 Å². The van der Waals surface area contributed by atoms with Crippen LogP contribution in [0.5, 0.6) is 0 Å². The van der Waals surface area contributed by atoms with Gasteiger partial charge in [-0.05, 0) is 76.2 Å². The molecule has 0 bridgehead atoms. The zero-order valence-electron chi connectivity index (χ0n) is 23.2. The maximum absolute atomic E-state index is 13.8. The Morgan fingerprint density at radius 3 is 2.38 bits per heavy atom. The number of esters is 1. The summed E-state index contributed by atoms with van der Waals surface area (Å²) in [6, 6.07) is 15.4. The van der Waals surface area contributed by atoms with Crippen LogP contribution in [-0.4, -0.2) is 84.0 Å². The summed E-state index contributed by atoms with van der Waals surface area (Å²) in [4.78, 5) is 48.9. The summed E-state index contributed by atoms with van der Waals surface area (Å²) in [7, 11) is 5.58. The third-order valence-corrected chi connectivity index (χ3v) is 9.15. The predicted octanol–water partition coefficient (Wildman–Crippen LogP) is 4.11. The molecule has 3 amide bonds. The molecule has 2 saturated carbocycles. The lowest BCUT2D eigenvalue weighted by atomic mass is 9.68. The third-order valence-electron chi connectivity index (χ3n) is 9.15. The first kappa shape index (κ1) is 27.1. The Labute approximate surface area is 230 Å². The minimum Gasteiger partial charge on any atom is -0.464 e. The molecule has 1 N–H and O–H groups in total. The van der Waals surface area contributed by atoms with Crippen LogP contribution < -0.4 is 5.32 Å². The molecule has 1 aromatic carbocycles. The standard InChI is InChI=1S/C30H39N5O4/c1-33(2)30(23-11-5-4-6-12-23)17-15-29(16-18-30)21-34(28(38)35(29)19-22-9-7-10-22)20-26(36)32-25-14-8-13-24(31-25)27(37)39-3/h4-6,8,11-14,22H,7,9-10,15-21H2,1-3H3,(H,31,32,36)/t29-,30-. The fourth-order valence-electron chi connectivity index (χ4n) is 6.59. The molecule has 0 unspecified atom stereocenters. The first-order chi connectivity index (χ1) is 18.8. The average Bonchev–Trinajstić information content (AvgIpc) is 3.16. The van der Waals surface area contributed by atoms with E-state index in [1.807, 2.05) is 0 Å². The summed E-state index contributed by atoms with van der Waals surface area (Å²) in [5, 5.41) is 2.75. The van der Waals surface area contributed by atoms with Crippen molar-refractivity contribution in [3.05, 3.63) is 59.8 Å². The summed E-state index contributed by atoms with van der Waals surface area (Å²) in [6.45, 7) is 1.25. The highest BCUT2D eigenvalue weighted by molar-refractivity contribution is 5.95. The fraction of sp³-hybridized carbons (Fsp3) is 0.533. The number of rotatable bonds is 8. The number of nitrogens with one attached hydrogen (secondary N) is 1. The van der Waals surface area contributed by atoms with Gasteiger partial charge in [-0.1, -0.05) is 42.8 Å². The Bertz CT molecular complexity index is 1200. The number of carbonyl (C=O) groups excluding carboxylic acids is 3. The lowest BCUT2D eigenvalue weighted by molar-refractivity contribution is -0.116. The molecule has 2 heterocycles. The Kier molecular flexibility index (Phi) is 7.62. The molecule has 0 radical (unpaired) electrons. The molecular weight excluding hydrogens is 494 g/mol. The molecule has 9 nitrogen and oxygen atoms in total. The number of methoxy groups -OCH3 is 1. The second kappa shape index (κ2) is 11.0. The molecule has 208 valence electrons. The van der Waals surface area contributed by atoms with Crippen molar-refractivity contribution in [3.8, 4) is 0 Å². The van der Waals surface area contributed by atoms with E-state index < -0.39 is 5.97 Å². The zero-order valence-corrected chi connectivity index (χ0v) is 23.2. The number of pyridine rings is 1. The van der Waals surface area contributed by atoms with Gasteiger partial charge in [0.2, 0.25) is 5.91 Å². The van der Waals surface area contributed by atoms with Crippen molar-refractivity contribution in [2.75, 3.05) is 46.2 Å². The van der Waals surface area contributed by atoms with Crippen molar-refractivity contribution in [3.63, 3.8) is 0 Å². The smallest absolute Gasteiger partial charge is 0.356 e. The molecule has 3 aliphatic rings. The van der Waals surface area contributed by atoms with Gasteiger partial charge in [-0.2, -0.15) is 0 Å². The molecular formula is C30H39N5O4. The molecule has 5 rings (SSSR count). The van der Waals surface area contributed by atoms with Crippen LogP contribution in [-0.2, 0) is 15.1 Å². The van der Waals surface area contributed by atoms with E-state index in [9.17, 15) is 14.4 Å². The number of urea groups is 1. The van der Waals surface area contributed by atoms with E-state index >= 15 is 0 Å². The van der Waals surface area contributed by atoms with Crippen LogP contribution >= 0.6 is 0 Å². The molecule has 1 aliphatic heterocycles. The molecule has 1 spiro atoms. The van der Waals surface area contributed by atoms with Crippen molar-refractivity contribution in [1.29, 1.82) is 0 Å². The SMILES string of the molecule is COC(=O)c1cccc(NC(=O)CN2C[C@]3(CC[C@@](c4ccccc4)(N(C)C)CC3)N(CC3CCC3)C2=O)n1. The molecule has 2 aromatic rings. The topological polar surface area (TPSA) is 95.1 Å². The van der Waals surface area contributed by atoms with Crippen LogP contribution in [0.2, 0.25) is 0 Å². The minimum absolute atomic E-state index is 0.0506. The summed E-state index contributed by atoms with van der Waals surface area (Å²) in [6.07, 6.45) is 7.22. The van der Waals surface area contributed by atoms with Crippen LogP contribution in [0.3, 0.4) is 0 Å². The quantitative estimate of drug-likeness (QED) is 0.513. The van der Waals surface area contributed by atoms with E-state index in [2.05, 4.69) is 64.5 Å². The van der Waals surface area contributed by atoms with Gasteiger partial charge >= 0.3 is 12.0 Å². The maximum atomic E-state index is 13.8. The summed E-state index contributed by atoms with van der Waals surface area (Å²) < 4.78 is 4.72. The number of hydrogen-bond donors (Lipinski definition) is 1. The van der Waals surface area contributed by atoms with Crippen LogP contribution in [0.1, 0.15) is 61.0 Å². The first-order valence-electron chi connectivity index (χ1n) is 13.9. The largest absolute Gasteiger partial charge is 0.464 e. The molecule has 0 atom stereocenters. The number of amides is 3. The van der Waals surface area contributed by atoms with Gasteiger partial charge in [-0.3, -0.25) is 9.69 Å². The minimum atomic E-state index is -0.573. The molecule has 39 heavy (non-hydrogen) atoms. The highest BCUT2D eigenvalue weighted by Crippen LogP contribution is 2.49. The molecule has 3 fully saturated rings. The summed E-state index contributed by atoms with van der Waals surface area (Å²) >= 11 is 0. The van der Waals surface area contributed by atoms with Gasteiger partial charge < -0.3 is 19.9 Å². The van der Waals surface area contributed by atoms with Crippen LogP contribution in [0.15, 0.2) is 48.5 Å². The predicted molar refractivity (Wildman–Crippen MR) is 148 cm³/mol. The number of carbonyl (C=O) groups is 3. The highest BCUT2D eigenvalue weighted by Gasteiger charge is 2.55. The van der Waals surface area contributed by atoms with Gasteiger partial charge in [0, 0.05) is 18.6 Å². The number of hydrogen-bond acceptors (Lipinski definition) is 6. The monoisotopic (exact) mass is 533 g/mol. The second-order valence-corrected chi connectivity index (χ2v) is 11.5. The lowest BCUT2D eigenvalue weighted by Crippen LogP contribution is -2.56. The van der Waals surface area contributed by atoms with E-state index in [1.54, 1.807) is 17.0 Å². The van der Waals surface area contributed by atoms with E-state index in [1.165, 1.54) is 25.2 Å². The van der Waals surface area contributed by atoms with Gasteiger partial charge in [0.05, 0.1) is 12.6 Å². The van der Waals surface area contributed by atoms with E-state index in [-0.39, 0.29) is 41.1 Å². The van der Waals surface area contributed by atoms with Gasteiger partial charge in [0.1, 0.15) is 12.4 Å². The van der Waals surface area contributed by atoms with Gasteiger partial charge in [0.25, 0.3) is 0 Å². The van der Waals surface area contributed by atoms with Crippen molar-refractivity contribution >= 4 is 23.7 Å². The Balaban J connectivity index is 1.32. The highest BCUT2D eigenvalue weighted by atomic mass is 16.5. The number of anilines is 1. The van der Waals surface area contributed by atoms with Gasteiger partial charge in [0.15, 0.2) is 5.69 Å². The fourth-order valence-corrected chi connectivity index (χ4v) is 6.59. The van der Waals surface area contributed by atoms with E-state index in [0.717, 1.165) is 45.1 Å². The van der Waals surface area contributed by atoms with Crippen molar-refractivity contribution < 1.29 is 19.1 Å². The van der Waals surface area contributed by atoms with Gasteiger partial charge in [-0.25, -0.2) is 14.6 Å². The molecule has 1 aromatic heterocycles. The number of nitrogens with zero attached hydrogens (tertiary/aromatic N) is 4. The van der Waals surface area contributed by atoms with Crippen molar-refractivity contribution in [1.82, 2.24) is 19.7 Å². The summed E-state index contributed by atoms with van der Waals surface area (Å²) in [5.41, 5.74) is 1.09. The number of aromatic nitrogens is 1. The normalized spacial score (nSPS) is 25.2. The van der Waals surface area contributed by atoms with E-state index in [4.69, 9.17) is 4.74 Å². The van der Waals surface area contributed by atoms with Crippen LogP contribution in [0, 0.1) is 5.92 Å². The Hall–Kier alpha value is -3.46. The number of ether oxygens (including phenoxy) is 1. The van der Waals surface area contributed by atoms with Gasteiger partial charge in [-0.15, -0.1) is 0 Å². The average molecular weight is 534 g/mol. The summed E-state index contributed by atoms with van der Waals surface area (Å²) in [5.74, 6) is -0.108. The molecule has 2 aliphatic carbocycles. The molecule has 1 saturated heterocycles. The second-order valence-electron chi connectivity index (χ2n) is 11.5. The number of benzene rings is 1. The molecule has 9 heteroatoms. The van der Waals surface area contributed by atoms with E-state index in [0.29, 0.717) is 12.5 Å². The van der Waals surface area contributed by atoms with Crippen molar-refractivity contribution in [2.45, 2.75) is 56.0 Å².